The first-order chi connectivity index (χ1) is 9.62. The van der Waals surface area contributed by atoms with Gasteiger partial charge in [0, 0.05) is 16.6 Å². The maximum Gasteiger partial charge on any atom is 0.136 e. The molecule has 0 fully saturated rings. The lowest BCUT2D eigenvalue weighted by Crippen LogP contribution is -2.18. The molecule has 5 heteroatoms. The normalized spacial score (nSPS) is 12.0. The smallest absolute Gasteiger partial charge is 0.136 e. The fourth-order valence-corrected chi connectivity index (χ4v) is 2.34. The summed E-state index contributed by atoms with van der Waals surface area (Å²) in [6.07, 6.45) is -0.268. The molecule has 2 aromatic rings. The first-order valence-electron chi connectivity index (χ1n) is 6.09. The van der Waals surface area contributed by atoms with Crippen molar-refractivity contribution in [2.45, 2.75) is 6.10 Å². The molecule has 0 aromatic heterocycles. The highest BCUT2D eigenvalue weighted by atomic mass is 35.5. The van der Waals surface area contributed by atoms with E-state index in [1.807, 2.05) is 24.3 Å². The SMILES string of the molecule is COc1ccc(C(CN)Oc2cc(Cl)cc(Cl)c2)cc1. The van der Waals surface area contributed by atoms with Gasteiger partial charge in [0.2, 0.25) is 0 Å². The fourth-order valence-electron chi connectivity index (χ4n) is 1.83. The zero-order valence-electron chi connectivity index (χ0n) is 11.0. The first-order valence-corrected chi connectivity index (χ1v) is 6.84. The van der Waals surface area contributed by atoms with Crippen molar-refractivity contribution in [2.24, 2.45) is 5.73 Å². The highest BCUT2D eigenvalue weighted by molar-refractivity contribution is 6.34. The van der Waals surface area contributed by atoms with Crippen molar-refractivity contribution in [3.8, 4) is 11.5 Å². The summed E-state index contributed by atoms with van der Waals surface area (Å²) in [4.78, 5) is 0. The van der Waals surface area contributed by atoms with Crippen LogP contribution in [-0.4, -0.2) is 13.7 Å². The minimum Gasteiger partial charge on any atom is -0.497 e. The average Bonchev–Trinajstić information content (AvgIpc) is 2.44. The maximum absolute atomic E-state index is 5.95. The molecule has 2 N–H and O–H groups in total. The van der Waals surface area contributed by atoms with Crippen molar-refractivity contribution in [3.63, 3.8) is 0 Å². The molecule has 0 aliphatic carbocycles. The largest absolute Gasteiger partial charge is 0.497 e. The molecular formula is C15H15Cl2NO2. The van der Waals surface area contributed by atoms with Crippen LogP contribution in [0.1, 0.15) is 11.7 Å². The third-order valence-corrected chi connectivity index (χ3v) is 3.25. The summed E-state index contributed by atoms with van der Waals surface area (Å²) in [5.74, 6) is 1.38. The second-order valence-corrected chi connectivity index (χ2v) is 5.09. The molecule has 2 rings (SSSR count). The Kier molecular flexibility index (Phi) is 5.12. The highest BCUT2D eigenvalue weighted by Gasteiger charge is 2.12. The van der Waals surface area contributed by atoms with Gasteiger partial charge in [0.1, 0.15) is 17.6 Å². The molecule has 0 spiro atoms. The molecule has 0 radical (unpaired) electrons. The Labute approximate surface area is 128 Å². The summed E-state index contributed by atoms with van der Waals surface area (Å²) < 4.78 is 11.0. The molecular weight excluding hydrogens is 297 g/mol. The van der Waals surface area contributed by atoms with Gasteiger partial charge in [-0.2, -0.15) is 0 Å². The second-order valence-electron chi connectivity index (χ2n) is 4.22. The van der Waals surface area contributed by atoms with Crippen molar-refractivity contribution < 1.29 is 9.47 Å². The lowest BCUT2D eigenvalue weighted by Gasteiger charge is -2.18. The number of nitrogens with two attached hydrogens (primary N) is 1. The topological polar surface area (TPSA) is 44.5 Å². The molecule has 106 valence electrons. The summed E-state index contributed by atoms with van der Waals surface area (Å²) in [6.45, 7) is 0.344. The zero-order chi connectivity index (χ0) is 14.5. The number of methoxy groups -OCH3 is 1. The molecule has 0 aliphatic rings. The maximum atomic E-state index is 5.95. The quantitative estimate of drug-likeness (QED) is 0.904. The van der Waals surface area contributed by atoms with Crippen molar-refractivity contribution >= 4 is 23.2 Å². The van der Waals surface area contributed by atoms with Gasteiger partial charge in [-0.25, -0.2) is 0 Å². The Morgan fingerprint density at radius 2 is 1.60 bits per heavy atom. The van der Waals surface area contributed by atoms with Crippen LogP contribution in [0.5, 0.6) is 11.5 Å². The molecule has 0 heterocycles. The Hall–Kier alpha value is -1.42. The summed E-state index contributed by atoms with van der Waals surface area (Å²) in [6, 6.07) is 12.6. The summed E-state index contributed by atoms with van der Waals surface area (Å²) in [7, 11) is 1.62. The minimum absolute atomic E-state index is 0.268. The van der Waals surface area contributed by atoms with Gasteiger partial charge in [-0.05, 0) is 35.9 Å². The molecule has 3 nitrogen and oxygen atoms in total. The molecule has 1 unspecified atom stereocenters. The predicted molar refractivity (Wildman–Crippen MR) is 81.9 cm³/mol. The molecule has 2 aromatic carbocycles. The van der Waals surface area contributed by atoms with E-state index >= 15 is 0 Å². The van der Waals surface area contributed by atoms with E-state index in [0.29, 0.717) is 22.3 Å². The van der Waals surface area contributed by atoms with Crippen LogP contribution in [0, 0.1) is 0 Å². The van der Waals surface area contributed by atoms with E-state index in [2.05, 4.69) is 0 Å². The van der Waals surface area contributed by atoms with E-state index < -0.39 is 0 Å². The number of rotatable bonds is 5. The van der Waals surface area contributed by atoms with Crippen LogP contribution < -0.4 is 15.2 Å². The van der Waals surface area contributed by atoms with Gasteiger partial charge in [0.15, 0.2) is 0 Å². The van der Waals surface area contributed by atoms with Gasteiger partial charge in [-0.3, -0.25) is 0 Å². The van der Waals surface area contributed by atoms with E-state index in [4.69, 9.17) is 38.4 Å². The molecule has 1 atom stereocenters. The number of benzene rings is 2. The van der Waals surface area contributed by atoms with E-state index in [1.54, 1.807) is 25.3 Å². The Bertz CT molecular complexity index is 552. The van der Waals surface area contributed by atoms with Gasteiger partial charge in [0.05, 0.1) is 7.11 Å². The Morgan fingerprint density at radius 1 is 1.00 bits per heavy atom. The van der Waals surface area contributed by atoms with Crippen molar-refractivity contribution in [1.82, 2.24) is 0 Å². The Morgan fingerprint density at radius 3 is 2.10 bits per heavy atom. The average molecular weight is 312 g/mol. The van der Waals surface area contributed by atoms with E-state index in [-0.39, 0.29) is 6.10 Å². The van der Waals surface area contributed by atoms with Crippen molar-refractivity contribution in [3.05, 3.63) is 58.1 Å². The molecule has 0 saturated heterocycles. The lowest BCUT2D eigenvalue weighted by molar-refractivity contribution is 0.214. The molecule has 0 saturated carbocycles. The number of hydrogen-bond acceptors (Lipinski definition) is 3. The lowest BCUT2D eigenvalue weighted by atomic mass is 10.1. The summed E-state index contributed by atoms with van der Waals surface area (Å²) in [5, 5.41) is 1.05. The van der Waals surface area contributed by atoms with E-state index in [9.17, 15) is 0 Å². The van der Waals surface area contributed by atoms with E-state index in [0.717, 1.165) is 11.3 Å². The molecule has 0 aliphatic heterocycles. The highest BCUT2D eigenvalue weighted by Crippen LogP contribution is 2.28. The number of ether oxygens (including phenoxy) is 2. The Balaban J connectivity index is 2.19. The molecule has 20 heavy (non-hydrogen) atoms. The minimum atomic E-state index is -0.268. The van der Waals surface area contributed by atoms with Crippen LogP contribution in [0.15, 0.2) is 42.5 Å². The standard InChI is InChI=1S/C15H15Cl2NO2/c1-19-13-4-2-10(3-5-13)15(9-18)20-14-7-11(16)6-12(17)8-14/h2-8,15H,9,18H2,1H3. The van der Waals surface area contributed by atoms with Crippen LogP contribution in [0.2, 0.25) is 10.0 Å². The van der Waals surface area contributed by atoms with Gasteiger partial charge in [0.25, 0.3) is 0 Å². The number of halogens is 2. The van der Waals surface area contributed by atoms with Crippen LogP contribution in [0.25, 0.3) is 0 Å². The second kappa shape index (κ2) is 6.84. The van der Waals surface area contributed by atoms with E-state index in [1.165, 1.54) is 0 Å². The monoisotopic (exact) mass is 311 g/mol. The van der Waals surface area contributed by atoms with Crippen LogP contribution in [0.3, 0.4) is 0 Å². The van der Waals surface area contributed by atoms with Crippen LogP contribution in [-0.2, 0) is 0 Å². The summed E-state index contributed by atoms with van der Waals surface area (Å²) >= 11 is 11.9. The van der Waals surface area contributed by atoms with Gasteiger partial charge in [-0.1, -0.05) is 35.3 Å². The van der Waals surface area contributed by atoms with Gasteiger partial charge in [-0.15, -0.1) is 0 Å². The molecule has 0 amide bonds. The van der Waals surface area contributed by atoms with Gasteiger partial charge < -0.3 is 15.2 Å². The first kappa shape index (κ1) is 15.0. The summed E-state index contributed by atoms with van der Waals surface area (Å²) in [5.41, 5.74) is 6.74. The number of hydrogen-bond donors (Lipinski definition) is 1. The van der Waals surface area contributed by atoms with Gasteiger partial charge >= 0.3 is 0 Å². The van der Waals surface area contributed by atoms with Crippen LogP contribution in [0.4, 0.5) is 0 Å². The molecule has 0 bridgehead atoms. The van der Waals surface area contributed by atoms with Crippen molar-refractivity contribution in [2.75, 3.05) is 13.7 Å². The zero-order valence-corrected chi connectivity index (χ0v) is 12.5. The third-order valence-electron chi connectivity index (χ3n) is 2.82. The van der Waals surface area contributed by atoms with Crippen LogP contribution >= 0.6 is 23.2 Å². The predicted octanol–water partition coefficient (Wildman–Crippen LogP) is 4.08. The fraction of sp³-hybridized carbons (Fsp3) is 0.200. The van der Waals surface area contributed by atoms with Crippen molar-refractivity contribution in [1.29, 1.82) is 0 Å². The third kappa shape index (κ3) is 3.79.